The SMILES string of the molecule is CCN(CCO)CC(=O)Nc1ccc(Br)cn1. The number of carbonyl (C=O) groups excluding carboxylic acids is 1. The summed E-state index contributed by atoms with van der Waals surface area (Å²) in [5, 5.41) is 11.5. The van der Waals surface area contributed by atoms with Crippen LogP contribution < -0.4 is 5.32 Å². The molecule has 0 fully saturated rings. The number of amides is 1. The van der Waals surface area contributed by atoms with E-state index in [0.717, 1.165) is 11.0 Å². The summed E-state index contributed by atoms with van der Waals surface area (Å²) in [6.07, 6.45) is 1.63. The number of rotatable bonds is 6. The lowest BCUT2D eigenvalue weighted by Crippen LogP contribution is -2.35. The van der Waals surface area contributed by atoms with Crippen molar-refractivity contribution in [3.63, 3.8) is 0 Å². The Kier molecular flexibility index (Phi) is 6.10. The average molecular weight is 302 g/mol. The van der Waals surface area contributed by atoms with Crippen molar-refractivity contribution in [2.45, 2.75) is 6.92 Å². The minimum absolute atomic E-state index is 0.0532. The second-order valence-electron chi connectivity index (χ2n) is 3.50. The Morgan fingerprint density at radius 1 is 1.59 bits per heavy atom. The molecule has 0 aromatic carbocycles. The monoisotopic (exact) mass is 301 g/mol. The molecule has 5 nitrogen and oxygen atoms in total. The van der Waals surface area contributed by atoms with E-state index in [-0.39, 0.29) is 19.1 Å². The minimum atomic E-state index is -0.130. The lowest BCUT2D eigenvalue weighted by atomic mass is 10.4. The molecule has 1 heterocycles. The van der Waals surface area contributed by atoms with Gasteiger partial charge < -0.3 is 10.4 Å². The molecule has 0 radical (unpaired) electrons. The van der Waals surface area contributed by atoms with Gasteiger partial charge in [0, 0.05) is 17.2 Å². The van der Waals surface area contributed by atoms with Gasteiger partial charge in [-0.3, -0.25) is 9.69 Å². The highest BCUT2D eigenvalue weighted by Crippen LogP contribution is 2.10. The number of carbonyl (C=O) groups is 1. The molecule has 0 aliphatic heterocycles. The van der Waals surface area contributed by atoms with Crippen molar-refractivity contribution in [1.29, 1.82) is 0 Å². The molecule has 1 aromatic rings. The number of anilines is 1. The third-order valence-corrected chi connectivity index (χ3v) is 2.69. The van der Waals surface area contributed by atoms with E-state index in [1.165, 1.54) is 0 Å². The summed E-state index contributed by atoms with van der Waals surface area (Å²) in [5.74, 6) is 0.397. The summed E-state index contributed by atoms with van der Waals surface area (Å²) < 4.78 is 0.867. The fraction of sp³-hybridized carbons (Fsp3) is 0.455. The van der Waals surface area contributed by atoms with Crippen LogP contribution in [0.4, 0.5) is 5.82 Å². The zero-order valence-electron chi connectivity index (χ0n) is 9.69. The number of hydrogen-bond acceptors (Lipinski definition) is 4. The molecule has 1 rings (SSSR count). The van der Waals surface area contributed by atoms with Crippen LogP contribution in [0.1, 0.15) is 6.92 Å². The van der Waals surface area contributed by atoms with Crippen LogP contribution in [-0.4, -0.2) is 47.1 Å². The van der Waals surface area contributed by atoms with Crippen LogP contribution >= 0.6 is 15.9 Å². The first kappa shape index (κ1) is 14.1. The van der Waals surface area contributed by atoms with Crippen LogP contribution in [0.15, 0.2) is 22.8 Å². The topological polar surface area (TPSA) is 65.5 Å². The fourth-order valence-corrected chi connectivity index (χ4v) is 1.56. The van der Waals surface area contributed by atoms with Gasteiger partial charge in [-0.25, -0.2) is 4.98 Å². The molecule has 6 heteroatoms. The standard InChI is InChI=1S/C11H16BrN3O2/c1-2-15(5-6-16)8-11(17)14-10-4-3-9(12)7-13-10/h3-4,7,16H,2,5-6,8H2,1H3,(H,13,14,17). The van der Waals surface area contributed by atoms with Gasteiger partial charge in [0.25, 0.3) is 0 Å². The molecular weight excluding hydrogens is 286 g/mol. The first-order valence-corrected chi connectivity index (χ1v) is 6.19. The Hall–Kier alpha value is -0.980. The average Bonchev–Trinajstić information content (AvgIpc) is 2.31. The van der Waals surface area contributed by atoms with Crippen LogP contribution in [0.2, 0.25) is 0 Å². The molecule has 0 saturated carbocycles. The number of pyridine rings is 1. The van der Waals surface area contributed by atoms with Crippen molar-refractivity contribution in [1.82, 2.24) is 9.88 Å². The molecule has 1 aromatic heterocycles. The molecule has 0 atom stereocenters. The molecule has 0 aliphatic rings. The second kappa shape index (κ2) is 7.37. The minimum Gasteiger partial charge on any atom is -0.395 e. The molecule has 0 spiro atoms. The molecule has 0 saturated heterocycles. The van der Waals surface area contributed by atoms with Gasteiger partial charge in [-0.15, -0.1) is 0 Å². The highest BCUT2D eigenvalue weighted by molar-refractivity contribution is 9.10. The molecule has 1 amide bonds. The Bertz CT molecular complexity index is 356. The molecular formula is C11H16BrN3O2. The van der Waals surface area contributed by atoms with Crippen LogP contribution in [0, 0.1) is 0 Å². The summed E-state index contributed by atoms with van der Waals surface area (Å²) in [4.78, 5) is 17.6. The highest BCUT2D eigenvalue weighted by Gasteiger charge is 2.08. The number of aromatic nitrogens is 1. The molecule has 2 N–H and O–H groups in total. The lowest BCUT2D eigenvalue weighted by molar-refractivity contribution is -0.117. The molecule has 17 heavy (non-hydrogen) atoms. The number of aliphatic hydroxyl groups excluding tert-OH is 1. The smallest absolute Gasteiger partial charge is 0.239 e. The van der Waals surface area contributed by atoms with E-state index < -0.39 is 0 Å². The molecule has 94 valence electrons. The van der Waals surface area contributed by atoms with E-state index in [9.17, 15) is 4.79 Å². The first-order chi connectivity index (χ1) is 8.15. The van der Waals surface area contributed by atoms with Crippen molar-refractivity contribution in [2.24, 2.45) is 0 Å². The third kappa shape index (κ3) is 5.25. The number of halogens is 1. The summed E-state index contributed by atoms with van der Waals surface area (Å²) in [7, 11) is 0. The van der Waals surface area contributed by atoms with Crippen molar-refractivity contribution >= 4 is 27.7 Å². The van der Waals surface area contributed by atoms with Gasteiger partial charge in [0.1, 0.15) is 5.82 Å². The quantitative estimate of drug-likeness (QED) is 0.826. The summed E-state index contributed by atoms with van der Waals surface area (Å²) >= 11 is 3.27. The maximum atomic E-state index is 11.7. The third-order valence-electron chi connectivity index (χ3n) is 2.23. The summed E-state index contributed by atoms with van der Waals surface area (Å²) in [6, 6.07) is 3.54. The van der Waals surface area contributed by atoms with Gasteiger partial charge in [-0.1, -0.05) is 6.92 Å². The lowest BCUT2D eigenvalue weighted by Gasteiger charge is -2.18. The van der Waals surface area contributed by atoms with Gasteiger partial charge in [-0.2, -0.15) is 0 Å². The molecule has 0 aliphatic carbocycles. The molecule has 0 bridgehead atoms. The number of hydrogen-bond donors (Lipinski definition) is 2. The van der Waals surface area contributed by atoms with Gasteiger partial charge in [0.15, 0.2) is 0 Å². The van der Waals surface area contributed by atoms with E-state index in [4.69, 9.17) is 5.11 Å². The van der Waals surface area contributed by atoms with E-state index in [1.54, 1.807) is 12.3 Å². The van der Waals surface area contributed by atoms with E-state index >= 15 is 0 Å². The van der Waals surface area contributed by atoms with Crippen molar-refractivity contribution < 1.29 is 9.90 Å². The van der Waals surface area contributed by atoms with Crippen LogP contribution in [0.3, 0.4) is 0 Å². The normalized spacial score (nSPS) is 10.6. The Morgan fingerprint density at radius 3 is 2.88 bits per heavy atom. The second-order valence-corrected chi connectivity index (χ2v) is 4.42. The Labute approximate surface area is 109 Å². The van der Waals surface area contributed by atoms with Crippen molar-refractivity contribution in [3.05, 3.63) is 22.8 Å². The van der Waals surface area contributed by atoms with E-state index in [1.807, 2.05) is 17.9 Å². The maximum absolute atomic E-state index is 11.7. The van der Waals surface area contributed by atoms with Gasteiger partial charge in [0.05, 0.1) is 13.2 Å². The number of likely N-dealkylation sites (N-methyl/N-ethyl adjacent to an activating group) is 1. The van der Waals surface area contributed by atoms with Gasteiger partial charge in [0.2, 0.25) is 5.91 Å². The van der Waals surface area contributed by atoms with Crippen LogP contribution in [-0.2, 0) is 4.79 Å². The number of nitrogens with zero attached hydrogens (tertiary/aromatic N) is 2. The predicted octanol–water partition coefficient (Wildman–Crippen LogP) is 1.10. The summed E-state index contributed by atoms with van der Waals surface area (Å²) in [5.41, 5.74) is 0. The zero-order chi connectivity index (χ0) is 12.7. The largest absolute Gasteiger partial charge is 0.395 e. The van der Waals surface area contributed by atoms with Gasteiger partial charge >= 0.3 is 0 Å². The summed E-state index contributed by atoms with van der Waals surface area (Å²) in [6.45, 7) is 3.48. The van der Waals surface area contributed by atoms with Crippen molar-refractivity contribution in [3.8, 4) is 0 Å². The number of nitrogens with one attached hydrogen (secondary N) is 1. The van der Waals surface area contributed by atoms with Crippen molar-refractivity contribution in [2.75, 3.05) is 31.6 Å². The van der Waals surface area contributed by atoms with Gasteiger partial charge in [-0.05, 0) is 34.6 Å². The van der Waals surface area contributed by atoms with E-state index in [2.05, 4.69) is 26.2 Å². The Balaban J connectivity index is 2.46. The van der Waals surface area contributed by atoms with E-state index in [0.29, 0.717) is 12.4 Å². The fourth-order valence-electron chi connectivity index (χ4n) is 1.33. The van der Waals surface area contributed by atoms with Crippen LogP contribution in [0.5, 0.6) is 0 Å². The van der Waals surface area contributed by atoms with Crippen LogP contribution in [0.25, 0.3) is 0 Å². The first-order valence-electron chi connectivity index (χ1n) is 5.40. The zero-order valence-corrected chi connectivity index (χ0v) is 11.3. The maximum Gasteiger partial charge on any atom is 0.239 e. The Morgan fingerprint density at radius 2 is 2.35 bits per heavy atom. The highest BCUT2D eigenvalue weighted by atomic mass is 79.9. The molecule has 0 unspecified atom stereocenters. The predicted molar refractivity (Wildman–Crippen MR) is 69.8 cm³/mol. The number of aliphatic hydroxyl groups is 1.